The molecular weight excluding hydrogens is 364 g/mol. The summed E-state index contributed by atoms with van der Waals surface area (Å²) >= 11 is 0. The van der Waals surface area contributed by atoms with Crippen LogP contribution in [0.5, 0.6) is 5.75 Å². The molecule has 1 heterocycles. The van der Waals surface area contributed by atoms with E-state index in [1.807, 2.05) is 6.92 Å². The lowest BCUT2D eigenvalue weighted by Crippen LogP contribution is -2.25. The van der Waals surface area contributed by atoms with Crippen LogP contribution in [0.25, 0.3) is 10.9 Å². The molecule has 0 saturated heterocycles. The van der Waals surface area contributed by atoms with Crippen molar-refractivity contribution in [1.82, 2.24) is 9.29 Å². The number of phenolic OH excluding ortho intramolecular Hbond substituents is 1. The Bertz CT molecular complexity index is 1110. The first-order valence-corrected chi connectivity index (χ1v) is 10.1. The van der Waals surface area contributed by atoms with Crippen LogP contribution < -0.4 is 5.32 Å². The average molecular weight is 386 g/mol. The van der Waals surface area contributed by atoms with E-state index in [0.717, 1.165) is 5.56 Å². The number of aromatic hydroxyl groups is 1. The number of phenols is 1. The Balaban J connectivity index is 2.22. The summed E-state index contributed by atoms with van der Waals surface area (Å²) in [6.07, 6.45) is 0.310. The molecule has 1 aromatic heterocycles. The Morgan fingerprint density at radius 2 is 1.78 bits per heavy atom. The molecule has 2 N–H and O–H groups in total. The molecule has 1 amide bonds. The van der Waals surface area contributed by atoms with Crippen molar-refractivity contribution in [3.05, 3.63) is 59.3 Å². The molecule has 142 valence electrons. The van der Waals surface area contributed by atoms with E-state index in [2.05, 4.69) is 5.32 Å². The minimum Gasteiger partial charge on any atom is -0.508 e. The minimum absolute atomic E-state index is 0.0186. The van der Waals surface area contributed by atoms with Gasteiger partial charge in [0.05, 0.1) is 22.7 Å². The SMILES string of the molecule is CCC(=O)NCc1cc2cc(C)c(O)cc2n1S(=O)(=O)c1ccc(C)cc1. The van der Waals surface area contributed by atoms with Crippen LogP contribution in [0.15, 0.2) is 47.4 Å². The lowest BCUT2D eigenvalue weighted by atomic mass is 10.1. The van der Waals surface area contributed by atoms with E-state index in [-0.39, 0.29) is 23.1 Å². The molecule has 6 nitrogen and oxygen atoms in total. The van der Waals surface area contributed by atoms with E-state index in [0.29, 0.717) is 28.6 Å². The zero-order chi connectivity index (χ0) is 19.8. The molecule has 0 spiro atoms. The van der Waals surface area contributed by atoms with Gasteiger partial charge < -0.3 is 10.4 Å². The second-order valence-electron chi connectivity index (χ2n) is 6.55. The quantitative estimate of drug-likeness (QED) is 0.705. The molecular formula is C20H22N2O4S. The van der Waals surface area contributed by atoms with Gasteiger partial charge in [-0.2, -0.15) is 0 Å². The van der Waals surface area contributed by atoms with Gasteiger partial charge in [0, 0.05) is 17.9 Å². The van der Waals surface area contributed by atoms with E-state index in [1.54, 1.807) is 50.2 Å². The number of fused-ring (bicyclic) bond motifs is 1. The molecule has 0 aliphatic heterocycles. The second kappa shape index (κ2) is 7.08. The zero-order valence-electron chi connectivity index (χ0n) is 15.5. The molecule has 0 aliphatic rings. The summed E-state index contributed by atoms with van der Waals surface area (Å²) in [6, 6.07) is 11.5. The third-order valence-electron chi connectivity index (χ3n) is 4.49. The molecule has 7 heteroatoms. The summed E-state index contributed by atoms with van der Waals surface area (Å²) in [7, 11) is -3.90. The second-order valence-corrected chi connectivity index (χ2v) is 8.33. The normalized spacial score (nSPS) is 11.7. The highest BCUT2D eigenvalue weighted by molar-refractivity contribution is 7.90. The van der Waals surface area contributed by atoms with Crippen molar-refractivity contribution in [3.63, 3.8) is 0 Å². The van der Waals surface area contributed by atoms with Crippen LogP contribution in [0.4, 0.5) is 0 Å². The highest BCUT2D eigenvalue weighted by Gasteiger charge is 2.24. The predicted octanol–water partition coefficient (Wildman–Crippen LogP) is 3.23. The lowest BCUT2D eigenvalue weighted by molar-refractivity contribution is -0.120. The van der Waals surface area contributed by atoms with Gasteiger partial charge in [-0.3, -0.25) is 4.79 Å². The molecule has 3 rings (SSSR count). The number of carbonyl (C=O) groups is 1. The van der Waals surface area contributed by atoms with Crippen molar-refractivity contribution in [3.8, 4) is 5.75 Å². The maximum atomic E-state index is 13.3. The Hall–Kier alpha value is -2.80. The number of amides is 1. The largest absolute Gasteiger partial charge is 0.508 e. The van der Waals surface area contributed by atoms with Crippen LogP contribution in [-0.4, -0.2) is 23.4 Å². The first-order chi connectivity index (χ1) is 12.7. The number of nitrogens with one attached hydrogen (secondary N) is 1. The third kappa shape index (κ3) is 3.55. The average Bonchev–Trinajstić information content (AvgIpc) is 2.98. The molecule has 0 aliphatic carbocycles. The number of aryl methyl sites for hydroxylation is 2. The van der Waals surface area contributed by atoms with Gasteiger partial charge in [0.15, 0.2) is 0 Å². The molecule has 0 fully saturated rings. The highest BCUT2D eigenvalue weighted by atomic mass is 32.2. The number of benzene rings is 2. The van der Waals surface area contributed by atoms with Gasteiger partial charge >= 0.3 is 0 Å². The monoisotopic (exact) mass is 386 g/mol. The number of hydrogen-bond acceptors (Lipinski definition) is 4. The highest BCUT2D eigenvalue weighted by Crippen LogP contribution is 2.30. The number of hydrogen-bond donors (Lipinski definition) is 2. The Labute approximate surface area is 158 Å². The first-order valence-electron chi connectivity index (χ1n) is 8.67. The van der Waals surface area contributed by atoms with Crippen molar-refractivity contribution in [2.45, 2.75) is 38.6 Å². The maximum Gasteiger partial charge on any atom is 0.268 e. The zero-order valence-corrected chi connectivity index (χ0v) is 16.3. The smallest absolute Gasteiger partial charge is 0.268 e. The van der Waals surface area contributed by atoms with Crippen molar-refractivity contribution < 1.29 is 18.3 Å². The van der Waals surface area contributed by atoms with E-state index >= 15 is 0 Å². The van der Waals surface area contributed by atoms with Crippen LogP contribution in [0.1, 0.15) is 30.2 Å². The number of aromatic nitrogens is 1. The van der Waals surface area contributed by atoms with Gasteiger partial charge in [-0.25, -0.2) is 12.4 Å². The van der Waals surface area contributed by atoms with Crippen LogP contribution in [0.3, 0.4) is 0 Å². The first kappa shape index (κ1) is 19.0. The third-order valence-corrected chi connectivity index (χ3v) is 6.27. The van der Waals surface area contributed by atoms with Gasteiger partial charge in [0.2, 0.25) is 5.91 Å². The van der Waals surface area contributed by atoms with E-state index in [1.165, 1.54) is 10.0 Å². The molecule has 0 atom stereocenters. The molecule has 2 aromatic carbocycles. The van der Waals surface area contributed by atoms with Gasteiger partial charge in [-0.1, -0.05) is 24.6 Å². The van der Waals surface area contributed by atoms with Crippen LogP contribution in [0.2, 0.25) is 0 Å². The predicted molar refractivity (Wildman–Crippen MR) is 104 cm³/mol. The van der Waals surface area contributed by atoms with Crippen molar-refractivity contribution in [2.24, 2.45) is 0 Å². The van der Waals surface area contributed by atoms with Gasteiger partial charge in [-0.15, -0.1) is 0 Å². The van der Waals surface area contributed by atoms with Gasteiger partial charge in [-0.05, 0) is 43.7 Å². The fraction of sp³-hybridized carbons (Fsp3) is 0.250. The Kier molecular flexibility index (Phi) is 4.97. The molecule has 3 aromatic rings. The summed E-state index contributed by atoms with van der Waals surface area (Å²) in [5.41, 5.74) is 2.41. The van der Waals surface area contributed by atoms with E-state index in [9.17, 15) is 18.3 Å². The summed E-state index contributed by atoms with van der Waals surface area (Å²) in [6.45, 7) is 5.44. The Morgan fingerprint density at radius 3 is 2.41 bits per heavy atom. The molecule has 0 bridgehead atoms. The molecule has 0 unspecified atom stereocenters. The maximum absolute atomic E-state index is 13.3. The van der Waals surface area contributed by atoms with Crippen LogP contribution >= 0.6 is 0 Å². The fourth-order valence-electron chi connectivity index (χ4n) is 2.93. The van der Waals surface area contributed by atoms with Gasteiger partial charge in [0.1, 0.15) is 5.75 Å². The molecule has 0 radical (unpaired) electrons. The lowest BCUT2D eigenvalue weighted by Gasteiger charge is -2.13. The Morgan fingerprint density at radius 1 is 1.11 bits per heavy atom. The van der Waals surface area contributed by atoms with E-state index in [4.69, 9.17) is 0 Å². The molecule has 27 heavy (non-hydrogen) atoms. The number of carbonyl (C=O) groups excluding carboxylic acids is 1. The fourth-order valence-corrected chi connectivity index (χ4v) is 4.46. The van der Waals surface area contributed by atoms with Crippen molar-refractivity contribution in [2.75, 3.05) is 0 Å². The topological polar surface area (TPSA) is 88.4 Å². The summed E-state index contributed by atoms with van der Waals surface area (Å²) < 4.78 is 27.8. The summed E-state index contributed by atoms with van der Waals surface area (Å²) in [5.74, 6) is -0.149. The van der Waals surface area contributed by atoms with E-state index < -0.39 is 10.0 Å². The van der Waals surface area contributed by atoms with Gasteiger partial charge in [0.25, 0.3) is 10.0 Å². The standard InChI is InChI=1S/C20H22N2O4S/c1-4-20(24)21-12-16-10-15-9-14(3)19(23)11-18(15)22(16)27(25,26)17-7-5-13(2)6-8-17/h5-11,23H,4,12H2,1-3H3,(H,21,24). The summed E-state index contributed by atoms with van der Waals surface area (Å²) in [5, 5.41) is 13.5. The summed E-state index contributed by atoms with van der Waals surface area (Å²) in [4.78, 5) is 11.8. The van der Waals surface area contributed by atoms with Crippen LogP contribution in [-0.2, 0) is 21.4 Å². The van der Waals surface area contributed by atoms with Crippen molar-refractivity contribution in [1.29, 1.82) is 0 Å². The number of nitrogens with zero attached hydrogens (tertiary/aromatic N) is 1. The minimum atomic E-state index is -3.90. The number of rotatable bonds is 5. The van der Waals surface area contributed by atoms with Crippen LogP contribution in [0, 0.1) is 13.8 Å². The molecule has 0 saturated carbocycles. The van der Waals surface area contributed by atoms with Crippen molar-refractivity contribution >= 4 is 26.8 Å².